The number of carbonyl (C=O) groups is 1. The topological polar surface area (TPSA) is 59.8 Å². The molecular formula is C12H14N4O. The summed E-state index contributed by atoms with van der Waals surface area (Å²) in [6.45, 7) is 3.46. The zero-order chi connectivity index (χ0) is 12.3. The first-order valence-electron chi connectivity index (χ1n) is 5.39. The minimum atomic E-state index is -0.0298. The second-order valence-electron chi connectivity index (χ2n) is 3.85. The highest BCUT2D eigenvalue weighted by molar-refractivity contribution is 5.73. The summed E-state index contributed by atoms with van der Waals surface area (Å²) in [7, 11) is 0. The zero-order valence-electron chi connectivity index (χ0n) is 9.79. The molecule has 1 amide bonds. The largest absolute Gasteiger partial charge is 0.350 e. The third-order valence-electron chi connectivity index (χ3n) is 2.50. The molecule has 0 aliphatic rings. The molecule has 0 saturated carbocycles. The fourth-order valence-corrected chi connectivity index (χ4v) is 1.65. The van der Waals surface area contributed by atoms with Gasteiger partial charge < -0.3 is 5.32 Å². The summed E-state index contributed by atoms with van der Waals surface area (Å²) >= 11 is 0. The number of nitrogens with one attached hydrogen (secondary N) is 1. The van der Waals surface area contributed by atoms with E-state index in [-0.39, 0.29) is 11.9 Å². The molecule has 0 aliphatic carbocycles. The van der Waals surface area contributed by atoms with Gasteiger partial charge >= 0.3 is 0 Å². The number of rotatable bonds is 3. The summed E-state index contributed by atoms with van der Waals surface area (Å²) in [6.07, 6.45) is 3.14. The van der Waals surface area contributed by atoms with Crippen molar-refractivity contribution in [1.29, 1.82) is 0 Å². The van der Waals surface area contributed by atoms with E-state index in [1.165, 1.54) is 13.3 Å². The summed E-state index contributed by atoms with van der Waals surface area (Å²) in [5.41, 5.74) is 2.00. The molecule has 5 heteroatoms. The van der Waals surface area contributed by atoms with Gasteiger partial charge in [0.2, 0.25) is 5.91 Å². The molecular weight excluding hydrogens is 216 g/mol. The number of hydrogen-bond acceptors (Lipinski definition) is 3. The Morgan fingerprint density at radius 1 is 1.35 bits per heavy atom. The highest BCUT2D eigenvalue weighted by Crippen LogP contribution is 2.14. The minimum Gasteiger partial charge on any atom is -0.350 e. The van der Waals surface area contributed by atoms with E-state index in [1.807, 2.05) is 31.2 Å². The second kappa shape index (κ2) is 4.78. The average molecular weight is 230 g/mol. The van der Waals surface area contributed by atoms with Crippen LogP contribution in [0.2, 0.25) is 0 Å². The van der Waals surface area contributed by atoms with Gasteiger partial charge in [0.1, 0.15) is 12.7 Å². The molecule has 0 fully saturated rings. The van der Waals surface area contributed by atoms with Crippen LogP contribution < -0.4 is 5.32 Å². The maximum Gasteiger partial charge on any atom is 0.217 e. The van der Waals surface area contributed by atoms with Crippen LogP contribution in [0.3, 0.4) is 0 Å². The Labute approximate surface area is 99.5 Å². The van der Waals surface area contributed by atoms with E-state index in [1.54, 1.807) is 11.0 Å². The summed E-state index contributed by atoms with van der Waals surface area (Å²) in [6, 6.07) is 7.84. The third kappa shape index (κ3) is 2.69. The Bertz CT molecular complexity index is 490. The smallest absolute Gasteiger partial charge is 0.217 e. The number of benzene rings is 1. The van der Waals surface area contributed by atoms with Gasteiger partial charge in [-0.2, -0.15) is 5.10 Å². The Kier molecular flexibility index (Phi) is 3.18. The van der Waals surface area contributed by atoms with Crippen LogP contribution in [-0.2, 0) is 4.79 Å². The van der Waals surface area contributed by atoms with Crippen LogP contribution in [0.5, 0.6) is 0 Å². The molecule has 0 bridgehead atoms. The number of hydrogen-bond donors (Lipinski definition) is 1. The van der Waals surface area contributed by atoms with E-state index in [4.69, 9.17) is 0 Å². The van der Waals surface area contributed by atoms with Crippen LogP contribution in [0.25, 0.3) is 5.69 Å². The predicted octanol–water partition coefficient (Wildman–Crippen LogP) is 1.46. The fraction of sp³-hybridized carbons (Fsp3) is 0.250. The van der Waals surface area contributed by atoms with Gasteiger partial charge in [-0.05, 0) is 24.6 Å². The van der Waals surface area contributed by atoms with Gasteiger partial charge in [-0.15, -0.1) is 0 Å². The maximum atomic E-state index is 10.9. The molecule has 0 saturated heterocycles. The third-order valence-corrected chi connectivity index (χ3v) is 2.50. The SMILES string of the molecule is CC(=O)NC(C)c1ccc(-n2cncn2)cc1. The van der Waals surface area contributed by atoms with E-state index in [9.17, 15) is 4.79 Å². The summed E-state index contributed by atoms with van der Waals surface area (Å²) < 4.78 is 1.69. The van der Waals surface area contributed by atoms with Crippen LogP contribution in [-0.4, -0.2) is 20.7 Å². The Morgan fingerprint density at radius 2 is 2.06 bits per heavy atom. The van der Waals surface area contributed by atoms with Crippen molar-refractivity contribution in [2.45, 2.75) is 19.9 Å². The lowest BCUT2D eigenvalue weighted by Crippen LogP contribution is -2.23. The summed E-state index contributed by atoms with van der Waals surface area (Å²) in [5.74, 6) is -0.0298. The van der Waals surface area contributed by atoms with Crippen LogP contribution in [0.1, 0.15) is 25.5 Å². The van der Waals surface area contributed by atoms with E-state index < -0.39 is 0 Å². The van der Waals surface area contributed by atoms with Gasteiger partial charge in [0.25, 0.3) is 0 Å². The van der Waals surface area contributed by atoms with Gasteiger partial charge in [0.05, 0.1) is 11.7 Å². The van der Waals surface area contributed by atoms with Crippen molar-refractivity contribution in [1.82, 2.24) is 20.1 Å². The highest BCUT2D eigenvalue weighted by atomic mass is 16.1. The molecule has 1 atom stereocenters. The first kappa shape index (κ1) is 11.3. The molecule has 17 heavy (non-hydrogen) atoms. The first-order chi connectivity index (χ1) is 8.16. The lowest BCUT2D eigenvalue weighted by atomic mass is 10.1. The first-order valence-corrected chi connectivity index (χ1v) is 5.39. The van der Waals surface area contributed by atoms with Crippen molar-refractivity contribution < 1.29 is 4.79 Å². The number of nitrogens with zero attached hydrogens (tertiary/aromatic N) is 3. The minimum absolute atomic E-state index is 0.0114. The van der Waals surface area contributed by atoms with Crippen LogP contribution in [0, 0.1) is 0 Å². The van der Waals surface area contributed by atoms with Gasteiger partial charge in [0.15, 0.2) is 0 Å². The van der Waals surface area contributed by atoms with E-state index in [0.29, 0.717) is 0 Å². The molecule has 1 N–H and O–H groups in total. The van der Waals surface area contributed by atoms with E-state index in [0.717, 1.165) is 11.3 Å². The van der Waals surface area contributed by atoms with Crippen LogP contribution in [0.15, 0.2) is 36.9 Å². The molecule has 1 aromatic heterocycles. The molecule has 2 rings (SSSR count). The van der Waals surface area contributed by atoms with E-state index >= 15 is 0 Å². The molecule has 1 unspecified atom stereocenters. The second-order valence-corrected chi connectivity index (χ2v) is 3.85. The molecule has 88 valence electrons. The summed E-state index contributed by atoms with van der Waals surface area (Å²) in [5, 5.41) is 6.88. The fourth-order valence-electron chi connectivity index (χ4n) is 1.65. The van der Waals surface area contributed by atoms with Crippen molar-refractivity contribution >= 4 is 5.91 Å². The van der Waals surface area contributed by atoms with Gasteiger partial charge in [-0.1, -0.05) is 12.1 Å². The Hall–Kier alpha value is -2.17. The van der Waals surface area contributed by atoms with Crippen molar-refractivity contribution in [3.63, 3.8) is 0 Å². The van der Waals surface area contributed by atoms with Crippen molar-refractivity contribution in [2.24, 2.45) is 0 Å². The highest BCUT2D eigenvalue weighted by Gasteiger charge is 2.06. The van der Waals surface area contributed by atoms with Crippen LogP contribution >= 0.6 is 0 Å². The maximum absolute atomic E-state index is 10.9. The van der Waals surface area contributed by atoms with Crippen LogP contribution in [0.4, 0.5) is 0 Å². The molecule has 2 aromatic rings. The Balaban J connectivity index is 2.15. The van der Waals surface area contributed by atoms with Gasteiger partial charge in [0, 0.05) is 6.92 Å². The number of aromatic nitrogens is 3. The quantitative estimate of drug-likeness (QED) is 0.868. The lowest BCUT2D eigenvalue weighted by molar-refractivity contribution is -0.119. The zero-order valence-corrected chi connectivity index (χ0v) is 9.79. The normalized spacial score (nSPS) is 12.1. The molecule has 1 heterocycles. The van der Waals surface area contributed by atoms with Crippen molar-refractivity contribution in [2.75, 3.05) is 0 Å². The molecule has 0 radical (unpaired) electrons. The molecule has 0 aliphatic heterocycles. The predicted molar refractivity (Wildman–Crippen MR) is 63.6 cm³/mol. The average Bonchev–Trinajstić information content (AvgIpc) is 2.82. The Morgan fingerprint density at radius 3 is 2.59 bits per heavy atom. The summed E-state index contributed by atoms with van der Waals surface area (Å²) in [4.78, 5) is 14.8. The van der Waals surface area contributed by atoms with Crippen molar-refractivity contribution in [3.05, 3.63) is 42.5 Å². The lowest BCUT2D eigenvalue weighted by Gasteiger charge is -2.13. The van der Waals surface area contributed by atoms with Gasteiger partial charge in [-0.3, -0.25) is 4.79 Å². The molecule has 5 nitrogen and oxygen atoms in total. The monoisotopic (exact) mass is 230 g/mol. The van der Waals surface area contributed by atoms with E-state index in [2.05, 4.69) is 15.4 Å². The van der Waals surface area contributed by atoms with Crippen molar-refractivity contribution in [3.8, 4) is 5.69 Å². The molecule has 1 aromatic carbocycles. The molecule has 0 spiro atoms. The van der Waals surface area contributed by atoms with Gasteiger partial charge in [-0.25, -0.2) is 9.67 Å². The standard InChI is InChI=1S/C12H14N4O/c1-9(15-10(2)17)11-3-5-12(6-4-11)16-8-13-7-14-16/h3-9H,1-2H3,(H,15,17). The number of carbonyl (C=O) groups excluding carboxylic acids is 1. The number of amides is 1.